The van der Waals surface area contributed by atoms with E-state index in [0.29, 0.717) is 28.8 Å². The maximum absolute atomic E-state index is 13.1. The van der Waals surface area contributed by atoms with Crippen LogP contribution in [0.3, 0.4) is 0 Å². The summed E-state index contributed by atoms with van der Waals surface area (Å²) in [7, 11) is 0. The molecule has 4 aromatic rings. The summed E-state index contributed by atoms with van der Waals surface area (Å²) in [4.78, 5) is 24.1. The number of hydrogen-bond donors (Lipinski definition) is 6. The van der Waals surface area contributed by atoms with Crippen molar-refractivity contribution in [2.75, 3.05) is 21.3 Å². The van der Waals surface area contributed by atoms with Gasteiger partial charge in [-0.05, 0) is 49.5 Å². The van der Waals surface area contributed by atoms with Crippen LogP contribution in [-0.2, 0) is 6.18 Å². The normalized spacial score (nSPS) is 11.1. The Kier molecular flexibility index (Phi) is 7.59. The third-order valence-electron chi connectivity index (χ3n) is 4.74. The molecule has 0 saturated heterocycles. The highest BCUT2D eigenvalue weighted by Crippen LogP contribution is 2.36. The number of carbonyl (C=O) groups excluding carboxylic acids is 1. The number of rotatable bonds is 7. The van der Waals surface area contributed by atoms with Crippen molar-refractivity contribution >= 4 is 69.6 Å². The molecule has 196 valence electrons. The van der Waals surface area contributed by atoms with Crippen molar-refractivity contribution in [2.24, 2.45) is 5.73 Å². The lowest BCUT2D eigenvalue weighted by Gasteiger charge is -2.14. The fourth-order valence-corrected chi connectivity index (χ4v) is 3.55. The first-order valence-corrected chi connectivity index (χ1v) is 11.4. The number of nitrogens with two attached hydrogens (primary N) is 1. The molecule has 0 aliphatic rings. The Morgan fingerprint density at radius 3 is 2.42 bits per heavy atom. The number of benzene rings is 1. The Morgan fingerprint density at radius 1 is 1.00 bits per heavy atom. The molecule has 1 aromatic carbocycles. The average Bonchev–Trinajstić information content (AvgIpc) is 3.29. The van der Waals surface area contributed by atoms with E-state index in [-0.39, 0.29) is 22.4 Å². The van der Waals surface area contributed by atoms with Gasteiger partial charge >= 0.3 is 6.18 Å². The molecule has 0 saturated carbocycles. The van der Waals surface area contributed by atoms with Gasteiger partial charge in [-0.2, -0.15) is 23.3 Å². The molecule has 4 rings (SSSR count). The van der Waals surface area contributed by atoms with Crippen molar-refractivity contribution < 1.29 is 18.0 Å². The molecule has 0 bridgehead atoms. The van der Waals surface area contributed by atoms with E-state index in [2.05, 4.69) is 46.4 Å². The molecule has 0 aliphatic heterocycles. The summed E-state index contributed by atoms with van der Waals surface area (Å²) in [5, 5.41) is 17.5. The predicted octanol–water partition coefficient (Wildman–Crippen LogP) is 4.97. The van der Waals surface area contributed by atoms with E-state index in [4.69, 9.17) is 29.6 Å². The Morgan fingerprint density at radius 2 is 1.76 bits per heavy atom. The zero-order valence-corrected chi connectivity index (χ0v) is 20.9. The topological polar surface area (TPSA) is 159 Å². The summed E-state index contributed by atoms with van der Waals surface area (Å²) in [6.45, 7) is 1.77. The van der Waals surface area contributed by atoms with Crippen LogP contribution in [-0.4, -0.2) is 36.2 Å². The second-order valence-electron chi connectivity index (χ2n) is 7.70. The molecule has 0 unspecified atom stereocenters. The molecule has 1 amide bonds. The summed E-state index contributed by atoms with van der Waals surface area (Å²) in [6, 6.07) is 9.78. The average molecular weight is 563 g/mol. The third-order valence-corrected chi connectivity index (χ3v) is 5.28. The molecule has 38 heavy (non-hydrogen) atoms. The number of amides is 1. The molecule has 11 nitrogen and oxygen atoms in total. The van der Waals surface area contributed by atoms with Crippen LogP contribution in [0.5, 0.6) is 0 Å². The van der Waals surface area contributed by atoms with Crippen molar-refractivity contribution in [3.05, 3.63) is 70.6 Å². The summed E-state index contributed by atoms with van der Waals surface area (Å²) >= 11 is 10.8. The van der Waals surface area contributed by atoms with Gasteiger partial charge in [-0.1, -0.05) is 11.6 Å². The fraction of sp³-hybridized carbons (Fsp3) is 0.0909. The fourth-order valence-electron chi connectivity index (χ4n) is 3.10. The van der Waals surface area contributed by atoms with E-state index >= 15 is 0 Å². The lowest BCUT2D eigenvalue weighted by atomic mass is 10.2. The Balaban J connectivity index is 1.38. The van der Waals surface area contributed by atoms with Gasteiger partial charge in [0.1, 0.15) is 17.3 Å². The minimum absolute atomic E-state index is 0.0317. The van der Waals surface area contributed by atoms with Crippen molar-refractivity contribution in [1.82, 2.24) is 25.1 Å². The Bertz CT molecular complexity index is 1490. The number of aromatic nitrogens is 5. The van der Waals surface area contributed by atoms with Gasteiger partial charge in [0.15, 0.2) is 10.9 Å². The van der Waals surface area contributed by atoms with Crippen molar-refractivity contribution in [2.45, 2.75) is 13.1 Å². The quantitative estimate of drug-likeness (QED) is 0.170. The number of halogens is 4. The highest BCUT2D eigenvalue weighted by Gasteiger charge is 2.33. The van der Waals surface area contributed by atoms with E-state index < -0.39 is 22.7 Å². The van der Waals surface area contributed by atoms with Crippen LogP contribution in [0.1, 0.15) is 21.7 Å². The van der Waals surface area contributed by atoms with Crippen LogP contribution >= 0.6 is 23.8 Å². The minimum Gasteiger partial charge on any atom is -0.364 e. The lowest BCUT2D eigenvalue weighted by molar-refractivity contribution is -0.137. The highest BCUT2D eigenvalue weighted by molar-refractivity contribution is 7.80. The zero-order chi connectivity index (χ0) is 27.4. The van der Waals surface area contributed by atoms with E-state index in [1.165, 1.54) is 18.3 Å². The van der Waals surface area contributed by atoms with Gasteiger partial charge < -0.3 is 27.0 Å². The van der Waals surface area contributed by atoms with Gasteiger partial charge in [0, 0.05) is 23.5 Å². The summed E-state index contributed by atoms with van der Waals surface area (Å²) in [5.74, 6) is 0.726. The highest BCUT2D eigenvalue weighted by atomic mass is 35.5. The number of primary amides is 1. The zero-order valence-electron chi connectivity index (χ0n) is 19.3. The van der Waals surface area contributed by atoms with Gasteiger partial charge in [-0.3, -0.25) is 9.89 Å². The van der Waals surface area contributed by atoms with Crippen LogP contribution in [0.15, 0.2) is 48.7 Å². The second kappa shape index (κ2) is 10.9. The molecular formula is C22H18ClF3N10OS. The first-order valence-electron chi connectivity index (χ1n) is 10.6. The van der Waals surface area contributed by atoms with Gasteiger partial charge in [-0.15, -0.1) is 0 Å². The number of hydrogen-bond acceptors (Lipinski definition) is 8. The smallest absolute Gasteiger partial charge is 0.364 e. The van der Waals surface area contributed by atoms with Crippen molar-refractivity contribution in [3.8, 4) is 0 Å². The minimum atomic E-state index is -4.60. The second-order valence-corrected chi connectivity index (χ2v) is 8.52. The van der Waals surface area contributed by atoms with Gasteiger partial charge in [0.2, 0.25) is 5.95 Å². The number of carbonyl (C=O) groups is 1. The van der Waals surface area contributed by atoms with Crippen molar-refractivity contribution in [1.29, 1.82) is 0 Å². The maximum Gasteiger partial charge on any atom is 0.417 e. The lowest BCUT2D eigenvalue weighted by Crippen LogP contribution is -2.20. The number of alkyl halides is 3. The van der Waals surface area contributed by atoms with Crippen LogP contribution in [0, 0.1) is 6.92 Å². The molecular weight excluding hydrogens is 545 g/mol. The number of nitrogens with zero attached hydrogens (tertiary/aromatic N) is 4. The first kappa shape index (κ1) is 26.6. The van der Waals surface area contributed by atoms with Crippen LogP contribution in [0.25, 0.3) is 0 Å². The number of pyridine rings is 1. The first-order chi connectivity index (χ1) is 18.0. The van der Waals surface area contributed by atoms with E-state index in [1.54, 1.807) is 25.1 Å². The Hall–Kier alpha value is -4.50. The molecule has 7 N–H and O–H groups in total. The largest absolute Gasteiger partial charge is 0.417 e. The number of aromatic amines is 1. The number of anilines is 6. The maximum atomic E-state index is 13.1. The number of thiocarbonyl (C=S) groups is 1. The molecule has 0 spiro atoms. The van der Waals surface area contributed by atoms with Gasteiger partial charge in [0.05, 0.1) is 22.5 Å². The number of nitrogens with one attached hydrogen (secondary N) is 5. The molecule has 3 aromatic heterocycles. The third kappa shape index (κ3) is 6.83. The van der Waals surface area contributed by atoms with E-state index in [1.807, 2.05) is 0 Å². The molecule has 0 fully saturated rings. The standard InChI is InChI=1S/C22H18ClF3N10OS/c1-10-6-17(32-18-8-15(19(27)37)35-36-18)33-20(29-10)30-12-3-5-16(28-9-12)34-21(38)31-11-2-4-14(23)13(7-11)22(24,25)26/h2-9H,1H3,(H2,27,37)(H2,28,31,34,38)(H3,29,30,32,33,35,36). The molecule has 0 radical (unpaired) electrons. The monoisotopic (exact) mass is 562 g/mol. The number of H-pyrrole nitrogens is 1. The van der Waals surface area contributed by atoms with Crippen LogP contribution in [0.2, 0.25) is 5.02 Å². The SMILES string of the molecule is Cc1cc(Nc2cc(C(N)=O)[nH]n2)nc(Nc2ccc(NC(=S)Nc3ccc(Cl)c(C(F)(F)F)c3)nc2)n1. The summed E-state index contributed by atoms with van der Waals surface area (Å²) < 4.78 is 39.2. The van der Waals surface area contributed by atoms with E-state index in [0.717, 1.165) is 12.1 Å². The number of aryl methyl sites for hydroxylation is 1. The predicted molar refractivity (Wildman–Crippen MR) is 141 cm³/mol. The van der Waals surface area contributed by atoms with Crippen LogP contribution in [0.4, 0.5) is 47.9 Å². The molecule has 16 heteroatoms. The molecule has 3 heterocycles. The summed E-state index contributed by atoms with van der Waals surface area (Å²) in [5.41, 5.74) is 5.69. The van der Waals surface area contributed by atoms with E-state index in [9.17, 15) is 18.0 Å². The van der Waals surface area contributed by atoms with Crippen LogP contribution < -0.4 is 27.0 Å². The summed E-state index contributed by atoms with van der Waals surface area (Å²) in [6.07, 6.45) is -3.11. The van der Waals surface area contributed by atoms with Gasteiger partial charge in [-0.25, -0.2) is 9.97 Å². The Labute approximate surface area is 223 Å². The molecule has 0 atom stereocenters. The van der Waals surface area contributed by atoms with Gasteiger partial charge in [0.25, 0.3) is 5.91 Å². The molecule has 0 aliphatic carbocycles. The van der Waals surface area contributed by atoms with Crippen molar-refractivity contribution in [3.63, 3.8) is 0 Å².